The molecule has 0 spiro atoms. The topological polar surface area (TPSA) is 64.5 Å². The van der Waals surface area contributed by atoms with Gasteiger partial charge in [0.15, 0.2) is 0 Å². The molecule has 1 aliphatic heterocycles. The second-order valence-corrected chi connectivity index (χ2v) is 6.38. The summed E-state index contributed by atoms with van der Waals surface area (Å²) in [6.07, 6.45) is 2.96. The number of hydrogen-bond acceptors (Lipinski definition) is 6. The first-order chi connectivity index (χ1) is 12.1. The third kappa shape index (κ3) is 4.94. The maximum absolute atomic E-state index is 12.9. The van der Waals surface area contributed by atoms with Gasteiger partial charge in [-0.15, -0.1) is 0 Å². The van der Waals surface area contributed by atoms with Crippen LogP contribution in [0.2, 0.25) is 0 Å². The second kappa shape index (κ2) is 8.33. The number of rotatable bonds is 6. The maximum atomic E-state index is 12.9. The lowest BCUT2D eigenvalue weighted by Crippen LogP contribution is -2.45. The van der Waals surface area contributed by atoms with Gasteiger partial charge in [0.05, 0.1) is 6.10 Å². The Morgan fingerprint density at radius 3 is 2.40 bits per heavy atom. The Morgan fingerprint density at radius 1 is 1.12 bits per heavy atom. The number of aliphatic hydroxyl groups is 1. The minimum atomic E-state index is -0.675. The van der Waals surface area contributed by atoms with Crippen molar-refractivity contribution >= 4 is 5.95 Å². The summed E-state index contributed by atoms with van der Waals surface area (Å²) in [5.41, 5.74) is 1.65. The molecule has 1 fully saturated rings. The molecule has 2 aromatic rings. The van der Waals surface area contributed by atoms with E-state index >= 15 is 0 Å². The highest BCUT2D eigenvalue weighted by atomic mass is 19.1. The monoisotopic (exact) mass is 345 g/mol. The lowest BCUT2D eigenvalue weighted by atomic mass is 10.1. The zero-order valence-electron chi connectivity index (χ0n) is 14.4. The van der Waals surface area contributed by atoms with Crippen molar-refractivity contribution in [3.63, 3.8) is 0 Å². The summed E-state index contributed by atoms with van der Waals surface area (Å²) in [6.45, 7) is 4.88. The summed E-state index contributed by atoms with van der Waals surface area (Å²) in [5.74, 6) is 0.463. The highest BCUT2D eigenvalue weighted by molar-refractivity contribution is 5.30. The quantitative estimate of drug-likeness (QED) is 0.820. The third-order valence-corrected chi connectivity index (χ3v) is 4.40. The summed E-state index contributed by atoms with van der Waals surface area (Å²) >= 11 is 0. The van der Waals surface area contributed by atoms with E-state index in [0.717, 1.165) is 37.7 Å². The number of aliphatic hydroxyl groups excluding tert-OH is 1. The number of anilines is 1. The van der Waals surface area contributed by atoms with Crippen LogP contribution in [0.5, 0.6) is 0 Å². The van der Waals surface area contributed by atoms with Crippen molar-refractivity contribution < 1.29 is 9.50 Å². The second-order valence-electron chi connectivity index (χ2n) is 6.38. The molecular weight excluding hydrogens is 321 g/mol. The van der Waals surface area contributed by atoms with Crippen LogP contribution in [0.25, 0.3) is 0 Å². The van der Waals surface area contributed by atoms with E-state index in [-0.39, 0.29) is 5.82 Å². The van der Waals surface area contributed by atoms with Crippen molar-refractivity contribution in [1.29, 1.82) is 0 Å². The molecular formula is C18H24FN5O. The Balaban J connectivity index is 1.46. The van der Waals surface area contributed by atoms with Crippen molar-refractivity contribution in [2.45, 2.75) is 12.6 Å². The molecule has 7 heteroatoms. The molecule has 134 valence electrons. The fourth-order valence-electron chi connectivity index (χ4n) is 2.77. The average Bonchev–Trinajstić information content (AvgIpc) is 2.63. The predicted octanol–water partition coefficient (Wildman–Crippen LogP) is 1.19. The predicted molar refractivity (Wildman–Crippen MR) is 94.8 cm³/mol. The van der Waals surface area contributed by atoms with Crippen LogP contribution in [-0.4, -0.2) is 59.7 Å². The number of nitrogens with zero attached hydrogens (tertiary/aromatic N) is 4. The molecule has 1 aliphatic rings. The van der Waals surface area contributed by atoms with Gasteiger partial charge in [0.1, 0.15) is 5.82 Å². The van der Waals surface area contributed by atoms with Gasteiger partial charge in [-0.1, -0.05) is 12.1 Å². The van der Waals surface area contributed by atoms with E-state index in [4.69, 9.17) is 0 Å². The van der Waals surface area contributed by atoms with Crippen LogP contribution in [0.1, 0.15) is 17.2 Å². The minimum absolute atomic E-state index is 0.304. The van der Waals surface area contributed by atoms with Gasteiger partial charge in [0, 0.05) is 57.2 Å². The van der Waals surface area contributed by atoms with Crippen molar-refractivity contribution in [1.82, 2.24) is 20.2 Å². The van der Waals surface area contributed by atoms with Gasteiger partial charge in [0.2, 0.25) is 5.95 Å². The van der Waals surface area contributed by atoms with E-state index < -0.39 is 6.10 Å². The number of nitrogens with one attached hydrogen (secondary N) is 1. The molecule has 1 aromatic heterocycles. The Morgan fingerprint density at radius 2 is 1.76 bits per heavy atom. The summed E-state index contributed by atoms with van der Waals surface area (Å²) < 4.78 is 12.9. The van der Waals surface area contributed by atoms with Gasteiger partial charge in [-0.05, 0) is 24.7 Å². The number of piperazine rings is 1. The Hall–Kier alpha value is -2.09. The fraction of sp³-hybridized carbons (Fsp3) is 0.444. The molecule has 0 aliphatic carbocycles. The Labute approximate surface area is 147 Å². The summed E-state index contributed by atoms with van der Waals surface area (Å²) in [6, 6.07) is 5.89. The van der Waals surface area contributed by atoms with Crippen molar-refractivity contribution in [3.8, 4) is 0 Å². The highest BCUT2D eigenvalue weighted by Gasteiger charge is 2.16. The molecule has 6 nitrogen and oxygen atoms in total. The van der Waals surface area contributed by atoms with Gasteiger partial charge in [-0.3, -0.25) is 0 Å². The highest BCUT2D eigenvalue weighted by Crippen LogP contribution is 2.13. The van der Waals surface area contributed by atoms with Gasteiger partial charge in [0.25, 0.3) is 0 Å². The van der Waals surface area contributed by atoms with E-state index in [9.17, 15) is 9.50 Å². The number of aromatic nitrogens is 2. The van der Waals surface area contributed by atoms with Crippen LogP contribution >= 0.6 is 0 Å². The number of likely N-dealkylation sites (N-methyl/N-ethyl adjacent to an activating group) is 1. The zero-order chi connectivity index (χ0) is 17.6. The molecule has 1 unspecified atom stereocenters. The molecule has 0 amide bonds. The largest absolute Gasteiger partial charge is 0.387 e. The smallest absolute Gasteiger partial charge is 0.225 e. The van der Waals surface area contributed by atoms with Crippen molar-refractivity contribution in [3.05, 3.63) is 53.6 Å². The first kappa shape index (κ1) is 17.7. The van der Waals surface area contributed by atoms with E-state index in [0.29, 0.717) is 18.7 Å². The van der Waals surface area contributed by atoms with Crippen LogP contribution in [-0.2, 0) is 6.54 Å². The standard InChI is InChI=1S/C18H24FN5O/c1-23-6-8-24(9-7-23)18-21-11-14(12-22-18)10-20-13-17(25)15-2-4-16(19)5-3-15/h2-5,11-12,17,20,25H,6-10,13H2,1H3. The zero-order valence-corrected chi connectivity index (χ0v) is 14.4. The van der Waals surface area contributed by atoms with Crippen LogP contribution in [0.4, 0.5) is 10.3 Å². The number of benzene rings is 1. The molecule has 2 N–H and O–H groups in total. The first-order valence-electron chi connectivity index (χ1n) is 8.50. The molecule has 1 atom stereocenters. The van der Waals surface area contributed by atoms with Gasteiger partial charge in [-0.2, -0.15) is 0 Å². The third-order valence-electron chi connectivity index (χ3n) is 4.40. The Bertz CT molecular complexity index is 656. The molecule has 1 saturated heterocycles. The normalized spacial score (nSPS) is 16.8. The van der Waals surface area contributed by atoms with E-state index in [1.807, 2.05) is 12.4 Å². The molecule has 3 rings (SSSR count). The maximum Gasteiger partial charge on any atom is 0.225 e. The van der Waals surface area contributed by atoms with Crippen LogP contribution in [0, 0.1) is 5.82 Å². The summed E-state index contributed by atoms with van der Waals surface area (Å²) in [4.78, 5) is 13.4. The first-order valence-corrected chi connectivity index (χ1v) is 8.50. The van der Waals surface area contributed by atoms with E-state index in [1.54, 1.807) is 12.1 Å². The van der Waals surface area contributed by atoms with Crippen LogP contribution in [0.15, 0.2) is 36.7 Å². The molecule has 0 bridgehead atoms. The lowest BCUT2D eigenvalue weighted by molar-refractivity contribution is 0.174. The van der Waals surface area contributed by atoms with Gasteiger partial charge < -0.3 is 20.2 Å². The molecule has 1 aromatic carbocycles. The average molecular weight is 345 g/mol. The fourth-order valence-corrected chi connectivity index (χ4v) is 2.77. The van der Waals surface area contributed by atoms with Crippen molar-refractivity contribution in [2.24, 2.45) is 0 Å². The number of hydrogen-bond donors (Lipinski definition) is 2. The summed E-state index contributed by atoms with van der Waals surface area (Å²) in [5, 5.41) is 13.3. The van der Waals surface area contributed by atoms with Gasteiger partial charge >= 0.3 is 0 Å². The molecule has 2 heterocycles. The molecule has 25 heavy (non-hydrogen) atoms. The van der Waals surface area contributed by atoms with Crippen molar-refractivity contribution in [2.75, 3.05) is 44.7 Å². The molecule has 0 radical (unpaired) electrons. The van der Waals surface area contributed by atoms with E-state index in [2.05, 4.69) is 32.1 Å². The number of halogens is 1. The lowest BCUT2D eigenvalue weighted by Gasteiger charge is -2.32. The van der Waals surface area contributed by atoms with Gasteiger partial charge in [-0.25, -0.2) is 14.4 Å². The summed E-state index contributed by atoms with van der Waals surface area (Å²) in [7, 11) is 2.12. The van der Waals surface area contributed by atoms with Crippen LogP contribution < -0.4 is 10.2 Å². The minimum Gasteiger partial charge on any atom is -0.387 e. The molecule has 0 saturated carbocycles. The SMILES string of the molecule is CN1CCN(c2ncc(CNCC(O)c3ccc(F)cc3)cn2)CC1. The Kier molecular flexibility index (Phi) is 5.91. The van der Waals surface area contributed by atoms with E-state index in [1.165, 1.54) is 12.1 Å². The van der Waals surface area contributed by atoms with Crippen LogP contribution in [0.3, 0.4) is 0 Å².